The summed E-state index contributed by atoms with van der Waals surface area (Å²) in [4.78, 5) is 11.8. The smallest absolute Gasteiger partial charge is 0.221 e. The zero-order valence-electron chi connectivity index (χ0n) is 11.8. The van der Waals surface area contributed by atoms with Gasteiger partial charge >= 0.3 is 0 Å². The SMILES string of the molecule is CCCCC(CC)CNC(=O)CC1CSCCN1. The summed E-state index contributed by atoms with van der Waals surface area (Å²) in [5, 5.41) is 6.51. The van der Waals surface area contributed by atoms with Crippen LogP contribution in [-0.4, -0.2) is 36.5 Å². The minimum absolute atomic E-state index is 0.213. The van der Waals surface area contributed by atoms with Gasteiger partial charge in [0.1, 0.15) is 0 Å². The predicted molar refractivity (Wildman–Crippen MR) is 80.0 cm³/mol. The van der Waals surface area contributed by atoms with Crippen molar-refractivity contribution in [1.82, 2.24) is 10.6 Å². The average molecular weight is 272 g/mol. The second-order valence-corrected chi connectivity index (χ2v) is 6.30. The summed E-state index contributed by atoms with van der Waals surface area (Å²) in [7, 11) is 0. The molecule has 4 heteroatoms. The molecular formula is C14H28N2OS. The quantitative estimate of drug-likeness (QED) is 0.713. The number of carbonyl (C=O) groups excluding carboxylic acids is 1. The van der Waals surface area contributed by atoms with Gasteiger partial charge in [-0.15, -0.1) is 0 Å². The molecule has 1 aliphatic rings. The first-order valence-corrected chi connectivity index (χ1v) is 8.49. The molecule has 0 aromatic heterocycles. The van der Waals surface area contributed by atoms with Crippen LogP contribution in [0.1, 0.15) is 46.0 Å². The van der Waals surface area contributed by atoms with Crippen LogP contribution in [0, 0.1) is 5.92 Å². The Morgan fingerprint density at radius 1 is 1.50 bits per heavy atom. The predicted octanol–water partition coefficient (Wildman–Crippen LogP) is 2.41. The Labute approximate surface area is 116 Å². The van der Waals surface area contributed by atoms with Gasteiger partial charge in [-0.3, -0.25) is 4.79 Å². The van der Waals surface area contributed by atoms with E-state index in [-0.39, 0.29) is 5.91 Å². The highest BCUT2D eigenvalue weighted by Gasteiger charge is 2.17. The van der Waals surface area contributed by atoms with Crippen LogP contribution in [0.15, 0.2) is 0 Å². The van der Waals surface area contributed by atoms with E-state index in [1.54, 1.807) is 0 Å². The Morgan fingerprint density at radius 3 is 2.94 bits per heavy atom. The highest BCUT2D eigenvalue weighted by atomic mass is 32.2. The lowest BCUT2D eigenvalue weighted by Crippen LogP contribution is -2.42. The van der Waals surface area contributed by atoms with Crippen LogP contribution in [0.3, 0.4) is 0 Å². The number of unbranched alkanes of at least 4 members (excludes halogenated alkanes) is 1. The maximum absolute atomic E-state index is 11.8. The molecule has 2 N–H and O–H groups in total. The first-order valence-electron chi connectivity index (χ1n) is 7.34. The van der Waals surface area contributed by atoms with Crippen LogP contribution in [0.4, 0.5) is 0 Å². The summed E-state index contributed by atoms with van der Waals surface area (Å²) in [5.74, 6) is 3.11. The lowest BCUT2D eigenvalue weighted by molar-refractivity contribution is -0.121. The van der Waals surface area contributed by atoms with E-state index in [9.17, 15) is 4.79 Å². The van der Waals surface area contributed by atoms with E-state index in [0.29, 0.717) is 18.4 Å². The molecule has 0 aromatic carbocycles. The van der Waals surface area contributed by atoms with Crippen molar-refractivity contribution in [2.75, 3.05) is 24.6 Å². The Hall–Kier alpha value is -0.220. The molecular weight excluding hydrogens is 244 g/mol. The topological polar surface area (TPSA) is 41.1 Å². The van der Waals surface area contributed by atoms with E-state index >= 15 is 0 Å². The largest absolute Gasteiger partial charge is 0.356 e. The van der Waals surface area contributed by atoms with E-state index in [4.69, 9.17) is 0 Å². The Balaban J connectivity index is 2.14. The van der Waals surface area contributed by atoms with Crippen LogP contribution < -0.4 is 10.6 Å². The third-order valence-corrected chi connectivity index (χ3v) is 4.69. The minimum Gasteiger partial charge on any atom is -0.356 e. The molecule has 0 aromatic rings. The summed E-state index contributed by atoms with van der Waals surface area (Å²) in [6.07, 6.45) is 5.56. The van der Waals surface area contributed by atoms with Gasteiger partial charge in [0.15, 0.2) is 0 Å². The van der Waals surface area contributed by atoms with Gasteiger partial charge in [-0.2, -0.15) is 11.8 Å². The molecule has 0 aliphatic carbocycles. The zero-order chi connectivity index (χ0) is 13.2. The first-order chi connectivity index (χ1) is 8.76. The molecule has 0 radical (unpaired) electrons. The summed E-state index contributed by atoms with van der Waals surface area (Å²) in [6, 6.07) is 0.375. The molecule has 0 spiro atoms. The van der Waals surface area contributed by atoms with Crippen LogP contribution in [0.25, 0.3) is 0 Å². The molecule has 1 fully saturated rings. The van der Waals surface area contributed by atoms with E-state index < -0.39 is 0 Å². The Bertz CT molecular complexity index is 230. The van der Waals surface area contributed by atoms with Crippen molar-refractivity contribution in [3.63, 3.8) is 0 Å². The molecule has 1 saturated heterocycles. The molecule has 2 atom stereocenters. The number of hydrogen-bond donors (Lipinski definition) is 2. The maximum Gasteiger partial charge on any atom is 0.221 e. The average Bonchev–Trinajstić information content (AvgIpc) is 2.40. The number of rotatable bonds is 8. The number of nitrogens with one attached hydrogen (secondary N) is 2. The fourth-order valence-electron chi connectivity index (χ4n) is 2.25. The highest BCUT2D eigenvalue weighted by molar-refractivity contribution is 7.99. The van der Waals surface area contributed by atoms with E-state index in [1.165, 1.54) is 25.0 Å². The van der Waals surface area contributed by atoms with Gasteiger partial charge in [0.05, 0.1) is 0 Å². The van der Waals surface area contributed by atoms with Crippen molar-refractivity contribution >= 4 is 17.7 Å². The van der Waals surface area contributed by atoms with Gasteiger partial charge in [-0.05, 0) is 12.3 Å². The molecule has 1 amide bonds. The van der Waals surface area contributed by atoms with Crippen LogP contribution in [0.2, 0.25) is 0 Å². The molecule has 1 heterocycles. The monoisotopic (exact) mass is 272 g/mol. The van der Waals surface area contributed by atoms with Crippen molar-refractivity contribution in [1.29, 1.82) is 0 Å². The van der Waals surface area contributed by atoms with Gasteiger partial charge < -0.3 is 10.6 Å². The minimum atomic E-state index is 0.213. The zero-order valence-corrected chi connectivity index (χ0v) is 12.7. The van der Waals surface area contributed by atoms with Crippen molar-refractivity contribution in [3.8, 4) is 0 Å². The van der Waals surface area contributed by atoms with Crippen molar-refractivity contribution in [2.45, 2.75) is 52.0 Å². The lowest BCUT2D eigenvalue weighted by Gasteiger charge is -2.23. The Morgan fingerprint density at radius 2 is 2.33 bits per heavy atom. The fourth-order valence-corrected chi connectivity index (χ4v) is 3.20. The number of carbonyl (C=O) groups is 1. The van der Waals surface area contributed by atoms with Crippen molar-refractivity contribution in [3.05, 3.63) is 0 Å². The normalized spacial score (nSPS) is 21.6. The molecule has 0 bridgehead atoms. The second-order valence-electron chi connectivity index (χ2n) is 5.15. The van der Waals surface area contributed by atoms with E-state index in [0.717, 1.165) is 25.3 Å². The molecule has 1 rings (SSSR count). The number of amides is 1. The van der Waals surface area contributed by atoms with E-state index in [1.807, 2.05) is 11.8 Å². The standard InChI is InChI=1S/C14H28N2OS/c1-3-5-6-12(4-2)10-16-14(17)9-13-11-18-8-7-15-13/h12-13,15H,3-11H2,1-2H3,(H,16,17). The van der Waals surface area contributed by atoms with Gasteiger partial charge in [0, 0.05) is 37.1 Å². The third-order valence-electron chi connectivity index (χ3n) is 3.56. The van der Waals surface area contributed by atoms with Crippen LogP contribution >= 0.6 is 11.8 Å². The number of thioether (sulfide) groups is 1. The van der Waals surface area contributed by atoms with Gasteiger partial charge in [-0.1, -0.05) is 33.1 Å². The van der Waals surface area contributed by atoms with Crippen LogP contribution in [0.5, 0.6) is 0 Å². The Kier molecular flexibility index (Phi) is 8.51. The molecule has 1 aliphatic heterocycles. The van der Waals surface area contributed by atoms with Gasteiger partial charge in [0.25, 0.3) is 0 Å². The summed E-state index contributed by atoms with van der Waals surface area (Å²) in [5.41, 5.74) is 0. The fraction of sp³-hybridized carbons (Fsp3) is 0.929. The highest BCUT2D eigenvalue weighted by Crippen LogP contribution is 2.12. The van der Waals surface area contributed by atoms with Gasteiger partial charge in [0.2, 0.25) is 5.91 Å². The molecule has 2 unspecified atom stereocenters. The summed E-state index contributed by atoms with van der Waals surface area (Å²) < 4.78 is 0. The molecule has 0 saturated carbocycles. The van der Waals surface area contributed by atoms with Crippen molar-refractivity contribution in [2.24, 2.45) is 5.92 Å². The summed E-state index contributed by atoms with van der Waals surface area (Å²) in [6.45, 7) is 6.33. The number of hydrogen-bond acceptors (Lipinski definition) is 3. The van der Waals surface area contributed by atoms with Gasteiger partial charge in [-0.25, -0.2) is 0 Å². The second kappa shape index (κ2) is 9.68. The molecule has 18 heavy (non-hydrogen) atoms. The maximum atomic E-state index is 11.8. The third kappa shape index (κ3) is 6.64. The van der Waals surface area contributed by atoms with Crippen molar-refractivity contribution < 1.29 is 4.79 Å². The first kappa shape index (κ1) is 15.8. The lowest BCUT2D eigenvalue weighted by atomic mass is 9.99. The van der Waals surface area contributed by atoms with E-state index in [2.05, 4.69) is 24.5 Å². The van der Waals surface area contributed by atoms with Crippen LogP contribution in [-0.2, 0) is 4.79 Å². The molecule has 3 nitrogen and oxygen atoms in total. The molecule has 106 valence electrons. The summed E-state index contributed by atoms with van der Waals surface area (Å²) >= 11 is 1.94.